The number of aromatic nitrogens is 2. The van der Waals surface area contributed by atoms with Gasteiger partial charge in [0, 0.05) is 26.1 Å². The molecule has 2 aromatic rings. The summed E-state index contributed by atoms with van der Waals surface area (Å²) in [5.74, 6) is 8.16. The molecular weight excluding hydrogens is 348 g/mol. The number of anilines is 1. The van der Waals surface area contributed by atoms with Crippen molar-refractivity contribution in [3.05, 3.63) is 51.6 Å². The minimum Gasteiger partial charge on any atom is -0.342 e. The van der Waals surface area contributed by atoms with Gasteiger partial charge in [0.1, 0.15) is 5.56 Å². The molecule has 1 aromatic heterocycles. The molecule has 1 saturated heterocycles. The van der Waals surface area contributed by atoms with Crippen molar-refractivity contribution < 1.29 is 0 Å². The van der Waals surface area contributed by atoms with E-state index in [0.717, 1.165) is 44.3 Å². The lowest BCUT2D eigenvalue weighted by Crippen LogP contribution is -2.38. The second-order valence-corrected chi connectivity index (χ2v) is 7.87. The Morgan fingerprint density at radius 1 is 1.14 bits per heavy atom. The zero-order chi connectivity index (χ0) is 19.7. The van der Waals surface area contributed by atoms with Crippen LogP contribution in [-0.2, 0) is 7.05 Å². The van der Waals surface area contributed by atoms with E-state index in [4.69, 9.17) is 11.6 Å². The standard InChI is InChI=1S/C23H24N4O/c1-16-12-14-27(15-13-16)23-25-21(18-7-9-19(24-2)10-8-18)20(22(28)26(23)3)11-6-17-4-5-17/h7-10,16-17H,4-5,12-15H2,1,3H3. The molecule has 0 unspecified atom stereocenters. The van der Waals surface area contributed by atoms with Crippen LogP contribution in [0.25, 0.3) is 16.1 Å². The molecule has 0 bridgehead atoms. The minimum absolute atomic E-state index is 0.0963. The van der Waals surface area contributed by atoms with Crippen molar-refractivity contribution in [3.63, 3.8) is 0 Å². The van der Waals surface area contributed by atoms with Crippen molar-refractivity contribution in [2.24, 2.45) is 18.9 Å². The van der Waals surface area contributed by atoms with Gasteiger partial charge in [-0.25, -0.2) is 9.83 Å². The molecule has 28 heavy (non-hydrogen) atoms. The second kappa shape index (κ2) is 7.52. The topological polar surface area (TPSA) is 42.5 Å². The maximum atomic E-state index is 13.2. The molecule has 1 aliphatic carbocycles. The van der Waals surface area contributed by atoms with Crippen LogP contribution in [-0.4, -0.2) is 22.6 Å². The van der Waals surface area contributed by atoms with Gasteiger partial charge in [-0.05, 0) is 37.2 Å². The van der Waals surface area contributed by atoms with Crippen LogP contribution in [0.2, 0.25) is 0 Å². The maximum Gasteiger partial charge on any atom is 0.271 e. The van der Waals surface area contributed by atoms with E-state index >= 15 is 0 Å². The third-order valence-corrected chi connectivity index (χ3v) is 5.58. The highest BCUT2D eigenvalue weighted by Crippen LogP contribution is 2.29. The van der Waals surface area contributed by atoms with Crippen LogP contribution in [0.15, 0.2) is 29.1 Å². The van der Waals surface area contributed by atoms with Gasteiger partial charge in [0.2, 0.25) is 5.95 Å². The smallest absolute Gasteiger partial charge is 0.271 e. The van der Waals surface area contributed by atoms with Crippen LogP contribution >= 0.6 is 0 Å². The number of benzene rings is 1. The van der Waals surface area contributed by atoms with E-state index in [2.05, 4.69) is 28.5 Å². The first-order valence-electron chi connectivity index (χ1n) is 9.92. The first kappa shape index (κ1) is 18.3. The molecule has 0 amide bonds. The first-order chi connectivity index (χ1) is 13.6. The quantitative estimate of drug-likeness (QED) is 0.591. The van der Waals surface area contributed by atoms with E-state index in [-0.39, 0.29) is 5.56 Å². The predicted octanol–water partition coefficient (Wildman–Crippen LogP) is 4.00. The van der Waals surface area contributed by atoms with E-state index in [1.807, 2.05) is 12.1 Å². The summed E-state index contributed by atoms with van der Waals surface area (Å²) in [6, 6.07) is 7.25. The van der Waals surface area contributed by atoms with Gasteiger partial charge in [0.05, 0.1) is 12.3 Å². The Morgan fingerprint density at radius 3 is 2.43 bits per heavy atom. The van der Waals surface area contributed by atoms with Gasteiger partial charge >= 0.3 is 0 Å². The third kappa shape index (κ3) is 3.66. The highest BCUT2D eigenvalue weighted by atomic mass is 16.1. The highest BCUT2D eigenvalue weighted by molar-refractivity contribution is 5.70. The summed E-state index contributed by atoms with van der Waals surface area (Å²) < 4.78 is 1.64. The van der Waals surface area contributed by atoms with Crippen molar-refractivity contribution in [2.45, 2.75) is 32.6 Å². The Hall–Kier alpha value is -3.05. The number of piperidine rings is 1. The van der Waals surface area contributed by atoms with Gasteiger partial charge in [-0.1, -0.05) is 43.0 Å². The summed E-state index contributed by atoms with van der Waals surface area (Å²) in [5, 5.41) is 0. The van der Waals surface area contributed by atoms with Crippen molar-refractivity contribution in [1.82, 2.24) is 9.55 Å². The summed E-state index contributed by atoms with van der Waals surface area (Å²) in [4.78, 5) is 23.8. The maximum absolute atomic E-state index is 13.2. The zero-order valence-electron chi connectivity index (χ0n) is 16.4. The predicted molar refractivity (Wildman–Crippen MR) is 111 cm³/mol. The molecule has 2 fully saturated rings. The fourth-order valence-corrected chi connectivity index (χ4v) is 3.50. The van der Waals surface area contributed by atoms with Crippen LogP contribution in [0.3, 0.4) is 0 Å². The molecular formula is C23H24N4O. The van der Waals surface area contributed by atoms with Crippen LogP contribution in [0.1, 0.15) is 38.2 Å². The molecule has 4 rings (SSSR count). The molecule has 1 aliphatic heterocycles. The molecule has 0 spiro atoms. The number of rotatable bonds is 2. The van der Waals surface area contributed by atoms with Crippen LogP contribution < -0.4 is 10.5 Å². The highest BCUT2D eigenvalue weighted by Gasteiger charge is 2.23. The van der Waals surface area contributed by atoms with E-state index in [0.29, 0.717) is 34.7 Å². The Bertz CT molecular complexity index is 1040. The fourth-order valence-electron chi connectivity index (χ4n) is 3.50. The fraction of sp³-hybridized carbons (Fsp3) is 0.435. The van der Waals surface area contributed by atoms with Gasteiger partial charge < -0.3 is 4.90 Å². The summed E-state index contributed by atoms with van der Waals surface area (Å²) in [6.07, 6.45) is 4.43. The van der Waals surface area contributed by atoms with E-state index in [1.165, 1.54) is 0 Å². The lowest BCUT2D eigenvalue weighted by Gasteiger charge is -2.32. The van der Waals surface area contributed by atoms with Gasteiger partial charge in [-0.3, -0.25) is 9.36 Å². The van der Waals surface area contributed by atoms with E-state index < -0.39 is 0 Å². The Balaban J connectivity index is 1.83. The minimum atomic E-state index is -0.0963. The molecule has 0 N–H and O–H groups in total. The van der Waals surface area contributed by atoms with Gasteiger partial charge in [-0.2, -0.15) is 0 Å². The lowest BCUT2D eigenvalue weighted by molar-refractivity contribution is 0.431. The average molecular weight is 372 g/mol. The Labute approximate surface area is 165 Å². The molecule has 1 saturated carbocycles. The lowest BCUT2D eigenvalue weighted by atomic mass is 9.99. The van der Waals surface area contributed by atoms with Crippen molar-refractivity contribution in [2.75, 3.05) is 18.0 Å². The van der Waals surface area contributed by atoms with Crippen molar-refractivity contribution in [3.8, 4) is 23.1 Å². The van der Waals surface area contributed by atoms with Gasteiger partial charge in [0.15, 0.2) is 5.69 Å². The average Bonchev–Trinajstić information content (AvgIpc) is 3.54. The van der Waals surface area contributed by atoms with Crippen LogP contribution in [0, 0.1) is 30.2 Å². The molecule has 2 heterocycles. The summed E-state index contributed by atoms with van der Waals surface area (Å²) in [5.41, 5.74) is 2.39. The second-order valence-electron chi connectivity index (χ2n) is 7.87. The SMILES string of the molecule is [C-]#[N+]c1ccc(-c2nc(N3CCC(C)CC3)n(C)c(=O)c2C#CC2CC2)cc1. The number of hydrogen-bond donors (Lipinski definition) is 0. The Morgan fingerprint density at radius 2 is 1.82 bits per heavy atom. The normalized spacial score (nSPS) is 17.0. The van der Waals surface area contributed by atoms with Crippen molar-refractivity contribution in [1.29, 1.82) is 0 Å². The molecule has 5 nitrogen and oxygen atoms in total. The largest absolute Gasteiger partial charge is 0.342 e. The molecule has 142 valence electrons. The van der Waals surface area contributed by atoms with E-state index in [1.54, 1.807) is 23.7 Å². The molecule has 0 atom stereocenters. The number of nitrogens with zero attached hydrogens (tertiary/aromatic N) is 4. The summed E-state index contributed by atoms with van der Waals surface area (Å²) in [6.45, 7) is 11.2. The summed E-state index contributed by atoms with van der Waals surface area (Å²) >= 11 is 0. The van der Waals surface area contributed by atoms with Crippen molar-refractivity contribution >= 4 is 11.6 Å². The molecule has 2 aliphatic rings. The van der Waals surface area contributed by atoms with Crippen LogP contribution in [0.4, 0.5) is 11.6 Å². The zero-order valence-corrected chi connectivity index (χ0v) is 16.4. The number of hydrogen-bond acceptors (Lipinski definition) is 3. The van der Waals surface area contributed by atoms with Gasteiger partial charge in [-0.15, -0.1) is 0 Å². The first-order valence-corrected chi connectivity index (χ1v) is 9.92. The van der Waals surface area contributed by atoms with E-state index in [9.17, 15) is 4.79 Å². The Kier molecular flexibility index (Phi) is 4.92. The molecule has 0 radical (unpaired) electrons. The monoisotopic (exact) mass is 372 g/mol. The molecule has 1 aromatic carbocycles. The molecule has 5 heteroatoms. The van der Waals surface area contributed by atoms with Gasteiger partial charge in [0.25, 0.3) is 5.56 Å². The third-order valence-electron chi connectivity index (χ3n) is 5.58. The van der Waals surface area contributed by atoms with Crippen LogP contribution in [0.5, 0.6) is 0 Å². The summed E-state index contributed by atoms with van der Waals surface area (Å²) in [7, 11) is 1.79.